The van der Waals surface area contributed by atoms with Gasteiger partial charge in [0.1, 0.15) is 0 Å². The van der Waals surface area contributed by atoms with Crippen LogP contribution in [0.15, 0.2) is 4.99 Å². The molecule has 0 saturated carbocycles. The zero-order valence-corrected chi connectivity index (χ0v) is 17.1. The maximum atomic E-state index is 5.80. The van der Waals surface area contributed by atoms with Crippen molar-refractivity contribution in [3.8, 4) is 0 Å². The average molecular weight is 439 g/mol. The van der Waals surface area contributed by atoms with Crippen molar-refractivity contribution in [1.82, 2.24) is 10.2 Å². The number of piperidine rings is 1. The van der Waals surface area contributed by atoms with Crippen LogP contribution in [-0.2, 0) is 9.47 Å². The third-order valence-electron chi connectivity index (χ3n) is 4.61. The first-order valence-corrected chi connectivity index (χ1v) is 8.90. The molecule has 0 aromatic rings. The fourth-order valence-corrected chi connectivity index (χ4v) is 3.25. The number of likely N-dealkylation sites (tertiary alicyclic amines) is 1. The zero-order valence-electron chi connectivity index (χ0n) is 14.8. The Kier molecular flexibility index (Phi) is 11.2. The second kappa shape index (κ2) is 12.3. The quantitative estimate of drug-likeness (QED) is 0.299. The Morgan fingerprint density at radius 3 is 2.78 bits per heavy atom. The first-order chi connectivity index (χ1) is 10.8. The SMILES string of the molecule is CN=C(NCCCOCC1CCOCC1)N1CCCC(C)C1.I. The average Bonchev–Trinajstić information content (AvgIpc) is 2.55. The van der Waals surface area contributed by atoms with E-state index in [1.54, 1.807) is 0 Å². The lowest BCUT2D eigenvalue weighted by molar-refractivity contribution is 0.0203. The predicted octanol–water partition coefficient (Wildman–Crippen LogP) is 2.75. The number of nitrogens with zero attached hydrogens (tertiary/aromatic N) is 2. The smallest absolute Gasteiger partial charge is 0.193 e. The summed E-state index contributed by atoms with van der Waals surface area (Å²) in [5.41, 5.74) is 0. The number of halogens is 1. The van der Waals surface area contributed by atoms with Crippen LogP contribution in [0, 0.1) is 11.8 Å². The van der Waals surface area contributed by atoms with E-state index < -0.39 is 0 Å². The summed E-state index contributed by atoms with van der Waals surface area (Å²) in [7, 11) is 1.88. The Hall–Kier alpha value is -0.0800. The van der Waals surface area contributed by atoms with Gasteiger partial charge in [0.2, 0.25) is 0 Å². The lowest BCUT2D eigenvalue weighted by atomic mass is 10.0. The molecule has 2 saturated heterocycles. The van der Waals surface area contributed by atoms with Crippen LogP contribution in [0.3, 0.4) is 0 Å². The van der Waals surface area contributed by atoms with E-state index in [-0.39, 0.29) is 24.0 Å². The normalized spacial score (nSPS) is 23.5. The third kappa shape index (κ3) is 8.03. The number of rotatable bonds is 6. The lowest BCUT2D eigenvalue weighted by Gasteiger charge is -2.33. The van der Waals surface area contributed by atoms with Gasteiger partial charge in [-0.3, -0.25) is 4.99 Å². The molecule has 2 fully saturated rings. The molecule has 0 aliphatic carbocycles. The van der Waals surface area contributed by atoms with Crippen molar-refractivity contribution in [1.29, 1.82) is 0 Å². The number of hydrogen-bond donors (Lipinski definition) is 1. The van der Waals surface area contributed by atoms with E-state index in [4.69, 9.17) is 9.47 Å². The van der Waals surface area contributed by atoms with Crippen LogP contribution in [0.1, 0.15) is 39.0 Å². The maximum Gasteiger partial charge on any atom is 0.193 e. The lowest BCUT2D eigenvalue weighted by Crippen LogP contribution is -2.46. The van der Waals surface area contributed by atoms with Gasteiger partial charge in [0.05, 0.1) is 0 Å². The number of guanidine groups is 1. The molecule has 0 amide bonds. The van der Waals surface area contributed by atoms with Gasteiger partial charge in [-0.05, 0) is 43.9 Å². The summed E-state index contributed by atoms with van der Waals surface area (Å²) in [5, 5.41) is 3.47. The topological polar surface area (TPSA) is 46.1 Å². The number of hydrogen-bond acceptors (Lipinski definition) is 3. The van der Waals surface area contributed by atoms with Crippen molar-refractivity contribution in [3.63, 3.8) is 0 Å². The van der Waals surface area contributed by atoms with Crippen molar-refractivity contribution in [2.75, 3.05) is 53.1 Å². The van der Waals surface area contributed by atoms with Crippen molar-refractivity contribution < 1.29 is 9.47 Å². The highest BCUT2D eigenvalue weighted by molar-refractivity contribution is 14.0. The molecule has 23 heavy (non-hydrogen) atoms. The van der Waals surface area contributed by atoms with E-state index in [9.17, 15) is 0 Å². The van der Waals surface area contributed by atoms with E-state index in [2.05, 4.69) is 22.1 Å². The van der Waals surface area contributed by atoms with E-state index in [1.165, 1.54) is 12.8 Å². The molecule has 0 bridgehead atoms. The van der Waals surface area contributed by atoms with Crippen molar-refractivity contribution in [2.45, 2.75) is 39.0 Å². The standard InChI is InChI=1S/C17H33N3O2.HI/c1-15-5-3-9-20(13-15)17(18-2)19-8-4-10-22-14-16-6-11-21-12-7-16;/h15-16H,3-14H2,1-2H3,(H,18,19);1H. The third-order valence-corrected chi connectivity index (χ3v) is 4.61. The molecule has 0 aromatic carbocycles. The summed E-state index contributed by atoms with van der Waals surface area (Å²) in [6.45, 7) is 9.04. The number of aliphatic imine (C=N–C) groups is 1. The molecule has 6 heteroatoms. The molecule has 136 valence electrons. The van der Waals surface area contributed by atoms with E-state index in [0.29, 0.717) is 5.92 Å². The molecule has 1 atom stereocenters. The minimum atomic E-state index is 0. The fraction of sp³-hybridized carbons (Fsp3) is 0.941. The van der Waals surface area contributed by atoms with Crippen molar-refractivity contribution >= 4 is 29.9 Å². The van der Waals surface area contributed by atoms with Gasteiger partial charge in [0.15, 0.2) is 5.96 Å². The zero-order chi connectivity index (χ0) is 15.6. The molecule has 1 N–H and O–H groups in total. The van der Waals surface area contributed by atoms with Gasteiger partial charge in [-0.1, -0.05) is 6.92 Å². The van der Waals surface area contributed by atoms with Gasteiger partial charge in [0.25, 0.3) is 0 Å². The second-order valence-electron chi connectivity index (χ2n) is 6.65. The monoisotopic (exact) mass is 439 g/mol. The molecule has 5 nitrogen and oxygen atoms in total. The molecule has 2 rings (SSSR count). The van der Waals surface area contributed by atoms with Crippen molar-refractivity contribution in [2.24, 2.45) is 16.8 Å². The van der Waals surface area contributed by atoms with Crippen molar-refractivity contribution in [3.05, 3.63) is 0 Å². The molecular formula is C17H34IN3O2. The summed E-state index contributed by atoms with van der Waals surface area (Å²) in [6, 6.07) is 0. The van der Waals surface area contributed by atoms with Gasteiger partial charge in [0, 0.05) is 53.1 Å². The van der Waals surface area contributed by atoms with Gasteiger partial charge >= 0.3 is 0 Å². The van der Waals surface area contributed by atoms with Gasteiger partial charge in [-0.25, -0.2) is 0 Å². The van der Waals surface area contributed by atoms with Crippen LogP contribution < -0.4 is 5.32 Å². The summed E-state index contributed by atoms with van der Waals surface area (Å²) >= 11 is 0. The molecular weight excluding hydrogens is 405 g/mol. The first-order valence-electron chi connectivity index (χ1n) is 8.90. The van der Waals surface area contributed by atoms with Gasteiger partial charge in [-0.2, -0.15) is 0 Å². The molecule has 0 spiro atoms. The van der Waals surface area contributed by atoms with Crippen LogP contribution in [0.2, 0.25) is 0 Å². The summed E-state index contributed by atoms with van der Waals surface area (Å²) < 4.78 is 11.2. The van der Waals surface area contributed by atoms with Gasteiger partial charge < -0.3 is 19.7 Å². The Morgan fingerprint density at radius 1 is 1.30 bits per heavy atom. The molecule has 2 aliphatic heterocycles. The highest BCUT2D eigenvalue weighted by Crippen LogP contribution is 2.16. The van der Waals surface area contributed by atoms with E-state index in [1.807, 2.05) is 7.05 Å². The van der Waals surface area contributed by atoms with E-state index in [0.717, 1.165) is 77.2 Å². The Bertz CT molecular complexity index is 336. The predicted molar refractivity (Wildman–Crippen MR) is 106 cm³/mol. The Morgan fingerprint density at radius 2 is 2.09 bits per heavy atom. The first kappa shape index (κ1) is 21.0. The minimum absolute atomic E-state index is 0. The van der Waals surface area contributed by atoms with Crippen LogP contribution in [0.4, 0.5) is 0 Å². The fourth-order valence-electron chi connectivity index (χ4n) is 3.25. The number of nitrogens with one attached hydrogen (secondary N) is 1. The second-order valence-corrected chi connectivity index (χ2v) is 6.65. The minimum Gasteiger partial charge on any atom is -0.381 e. The molecule has 2 heterocycles. The van der Waals surface area contributed by atoms with Crippen LogP contribution in [-0.4, -0.2) is 64.0 Å². The molecule has 2 aliphatic rings. The summed E-state index contributed by atoms with van der Waals surface area (Å²) in [6.07, 6.45) is 5.95. The van der Waals surface area contributed by atoms with Crippen LogP contribution in [0.25, 0.3) is 0 Å². The van der Waals surface area contributed by atoms with Crippen LogP contribution in [0.5, 0.6) is 0 Å². The Labute approximate surface area is 158 Å². The largest absolute Gasteiger partial charge is 0.381 e. The molecule has 0 aromatic heterocycles. The summed E-state index contributed by atoms with van der Waals surface area (Å²) in [4.78, 5) is 6.80. The maximum absolute atomic E-state index is 5.80. The van der Waals surface area contributed by atoms with Gasteiger partial charge in [-0.15, -0.1) is 24.0 Å². The molecule has 0 radical (unpaired) electrons. The summed E-state index contributed by atoms with van der Waals surface area (Å²) in [5.74, 6) is 2.52. The highest BCUT2D eigenvalue weighted by Gasteiger charge is 2.18. The van der Waals surface area contributed by atoms with Crippen LogP contribution >= 0.6 is 24.0 Å². The molecule has 1 unspecified atom stereocenters. The van der Waals surface area contributed by atoms with E-state index >= 15 is 0 Å². The highest BCUT2D eigenvalue weighted by atomic mass is 127. The Balaban J connectivity index is 0.00000264. The number of ether oxygens (including phenoxy) is 2.